The molecule has 2 aromatic carbocycles. The average Bonchev–Trinajstić information content (AvgIpc) is 2.59. The van der Waals surface area contributed by atoms with Crippen LogP contribution in [-0.2, 0) is 14.8 Å². The summed E-state index contributed by atoms with van der Waals surface area (Å²) >= 11 is 0. The molecular weight excluding hydrogens is 350 g/mol. The molecule has 0 fully saturated rings. The van der Waals surface area contributed by atoms with Gasteiger partial charge in [0.15, 0.2) is 0 Å². The summed E-state index contributed by atoms with van der Waals surface area (Å²) in [5, 5.41) is 10.9. The van der Waals surface area contributed by atoms with Gasteiger partial charge in [0, 0.05) is 12.1 Å². The zero-order valence-corrected chi connectivity index (χ0v) is 14.0. The standard InChI is InChI=1S/C15H15N3O6S/c1-24-13-7-5-11(6-8-13)17(10-15(16)19)25(22,23)14-4-2-3-12(9-14)18(20)21/h2-9H,10H2,1H3,(H2,16,19). The summed E-state index contributed by atoms with van der Waals surface area (Å²) in [7, 11) is -2.78. The summed E-state index contributed by atoms with van der Waals surface area (Å²) in [6.07, 6.45) is 0. The quantitative estimate of drug-likeness (QED) is 0.580. The van der Waals surface area contributed by atoms with Crippen LogP contribution in [0.1, 0.15) is 0 Å². The first kappa shape index (κ1) is 18.2. The van der Waals surface area contributed by atoms with E-state index in [0.29, 0.717) is 5.75 Å². The number of nitrogens with two attached hydrogens (primary N) is 1. The maximum atomic E-state index is 12.9. The number of hydrogen-bond donors (Lipinski definition) is 1. The molecule has 2 aromatic rings. The Labute approximate surface area is 143 Å². The van der Waals surface area contributed by atoms with Gasteiger partial charge >= 0.3 is 0 Å². The van der Waals surface area contributed by atoms with Crippen LogP contribution in [0.2, 0.25) is 0 Å². The molecular formula is C15H15N3O6S. The Balaban J connectivity index is 2.53. The number of carbonyl (C=O) groups excluding carboxylic acids is 1. The van der Waals surface area contributed by atoms with Crippen LogP contribution in [0.3, 0.4) is 0 Å². The molecule has 10 heteroatoms. The highest BCUT2D eigenvalue weighted by molar-refractivity contribution is 7.92. The molecule has 0 aliphatic heterocycles. The van der Waals surface area contributed by atoms with Crippen LogP contribution in [0.4, 0.5) is 11.4 Å². The van der Waals surface area contributed by atoms with Crippen molar-refractivity contribution in [1.82, 2.24) is 0 Å². The lowest BCUT2D eigenvalue weighted by Gasteiger charge is -2.23. The van der Waals surface area contributed by atoms with Crippen molar-refractivity contribution in [3.8, 4) is 5.75 Å². The summed E-state index contributed by atoms with van der Waals surface area (Å²) in [4.78, 5) is 21.2. The number of rotatable bonds is 7. The first-order chi connectivity index (χ1) is 11.8. The molecule has 0 spiro atoms. The van der Waals surface area contributed by atoms with E-state index in [0.717, 1.165) is 10.4 Å². The van der Waals surface area contributed by atoms with Crippen LogP contribution in [-0.4, -0.2) is 32.9 Å². The van der Waals surface area contributed by atoms with Crippen LogP contribution in [0.25, 0.3) is 0 Å². The van der Waals surface area contributed by atoms with E-state index >= 15 is 0 Å². The second-order valence-electron chi connectivity index (χ2n) is 4.93. The van der Waals surface area contributed by atoms with E-state index in [2.05, 4.69) is 0 Å². The van der Waals surface area contributed by atoms with Crippen molar-refractivity contribution in [2.75, 3.05) is 18.0 Å². The smallest absolute Gasteiger partial charge is 0.270 e. The Morgan fingerprint density at radius 3 is 2.40 bits per heavy atom. The van der Waals surface area contributed by atoms with E-state index in [9.17, 15) is 23.3 Å². The van der Waals surface area contributed by atoms with E-state index < -0.39 is 27.4 Å². The van der Waals surface area contributed by atoms with Gasteiger partial charge in [-0.25, -0.2) is 8.42 Å². The van der Waals surface area contributed by atoms with Gasteiger partial charge in [0.1, 0.15) is 12.3 Å². The predicted molar refractivity (Wildman–Crippen MR) is 89.8 cm³/mol. The molecule has 0 aliphatic carbocycles. The third-order valence-corrected chi connectivity index (χ3v) is 5.05. The molecule has 0 aliphatic rings. The number of benzene rings is 2. The fourth-order valence-corrected chi connectivity index (χ4v) is 3.56. The lowest BCUT2D eigenvalue weighted by atomic mass is 10.3. The van der Waals surface area contributed by atoms with Gasteiger partial charge in [-0.15, -0.1) is 0 Å². The number of sulfonamides is 1. The highest BCUT2D eigenvalue weighted by atomic mass is 32.2. The zero-order chi connectivity index (χ0) is 18.6. The van der Waals surface area contributed by atoms with Crippen molar-refractivity contribution in [3.63, 3.8) is 0 Å². The van der Waals surface area contributed by atoms with Crippen molar-refractivity contribution >= 4 is 27.3 Å². The van der Waals surface area contributed by atoms with Crippen LogP contribution < -0.4 is 14.8 Å². The average molecular weight is 365 g/mol. The summed E-state index contributed by atoms with van der Waals surface area (Å²) in [5.41, 5.74) is 4.95. The first-order valence-electron chi connectivity index (χ1n) is 6.95. The van der Waals surface area contributed by atoms with Crippen LogP contribution >= 0.6 is 0 Å². The normalized spacial score (nSPS) is 10.9. The minimum atomic E-state index is -4.24. The van der Waals surface area contributed by atoms with Crippen LogP contribution in [0.15, 0.2) is 53.4 Å². The summed E-state index contributed by atoms with van der Waals surface area (Å²) in [6, 6.07) is 10.5. The van der Waals surface area contributed by atoms with Gasteiger partial charge in [-0.05, 0) is 30.3 Å². The SMILES string of the molecule is COc1ccc(N(CC(N)=O)S(=O)(=O)c2cccc([N+](=O)[O-])c2)cc1. The Morgan fingerprint density at radius 2 is 1.88 bits per heavy atom. The van der Waals surface area contributed by atoms with Gasteiger partial charge in [0.25, 0.3) is 15.7 Å². The van der Waals surface area contributed by atoms with Crippen LogP contribution in [0, 0.1) is 10.1 Å². The fourth-order valence-electron chi connectivity index (χ4n) is 2.09. The monoisotopic (exact) mass is 365 g/mol. The third-order valence-electron chi connectivity index (χ3n) is 3.28. The highest BCUT2D eigenvalue weighted by Crippen LogP contribution is 2.27. The molecule has 0 bridgehead atoms. The van der Waals surface area contributed by atoms with Crippen molar-refractivity contribution in [2.24, 2.45) is 5.73 Å². The summed E-state index contributed by atoms with van der Waals surface area (Å²) in [5.74, 6) is -0.375. The summed E-state index contributed by atoms with van der Waals surface area (Å²) < 4.78 is 31.5. The maximum absolute atomic E-state index is 12.9. The Bertz CT molecular complexity index is 896. The Morgan fingerprint density at radius 1 is 1.24 bits per heavy atom. The number of hydrogen-bond acceptors (Lipinski definition) is 6. The Kier molecular flexibility index (Phi) is 5.22. The minimum absolute atomic E-state index is 0.172. The first-order valence-corrected chi connectivity index (χ1v) is 8.39. The molecule has 9 nitrogen and oxygen atoms in total. The molecule has 0 heterocycles. The third kappa shape index (κ3) is 4.04. The lowest BCUT2D eigenvalue weighted by Crippen LogP contribution is -2.38. The van der Waals surface area contributed by atoms with Gasteiger partial charge < -0.3 is 10.5 Å². The molecule has 25 heavy (non-hydrogen) atoms. The topological polar surface area (TPSA) is 133 Å². The number of amides is 1. The molecule has 1 amide bonds. The molecule has 132 valence electrons. The molecule has 0 unspecified atom stereocenters. The molecule has 0 saturated heterocycles. The number of nitrogens with zero attached hydrogens (tertiary/aromatic N) is 2. The second-order valence-corrected chi connectivity index (χ2v) is 6.79. The highest BCUT2D eigenvalue weighted by Gasteiger charge is 2.28. The predicted octanol–water partition coefficient (Wildman–Crippen LogP) is 1.28. The van der Waals surface area contributed by atoms with Gasteiger partial charge in [0.2, 0.25) is 5.91 Å². The number of methoxy groups -OCH3 is 1. The maximum Gasteiger partial charge on any atom is 0.270 e. The van der Waals surface area contributed by atoms with E-state index in [1.54, 1.807) is 0 Å². The van der Waals surface area contributed by atoms with Crippen molar-refractivity contribution < 1.29 is 22.9 Å². The molecule has 0 atom stereocenters. The number of primary amides is 1. The summed E-state index contributed by atoms with van der Waals surface area (Å²) in [6.45, 7) is -0.614. The number of carbonyl (C=O) groups is 1. The van der Waals surface area contributed by atoms with Gasteiger partial charge in [0.05, 0.1) is 22.6 Å². The molecule has 2 N–H and O–H groups in total. The van der Waals surface area contributed by atoms with Crippen molar-refractivity contribution in [3.05, 3.63) is 58.6 Å². The number of anilines is 1. The molecule has 2 rings (SSSR count). The largest absolute Gasteiger partial charge is 0.497 e. The van der Waals surface area contributed by atoms with Gasteiger partial charge in [-0.1, -0.05) is 6.07 Å². The number of ether oxygens (including phenoxy) is 1. The van der Waals surface area contributed by atoms with Crippen LogP contribution in [0.5, 0.6) is 5.75 Å². The molecule has 0 saturated carbocycles. The van der Waals surface area contributed by atoms with E-state index in [1.807, 2.05) is 0 Å². The van der Waals surface area contributed by atoms with Gasteiger partial charge in [-0.2, -0.15) is 0 Å². The van der Waals surface area contributed by atoms with Crippen molar-refractivity contribution in [1.29, 1.82) is 0 Å². The number of nitro groups is 1. The minimum Gasteiger partial charge on any atom is -0.497 e. The second kappa shape index (κ2) is 7.18. The van der Waals surface area contributed by atoms with E-state index in [-0.39, 0.29) is 16.3 Å². The number of nitro benzene ring substituents is 1. The van der Waals surface area contributed by atoms with E-state index in [4.69, 9.17) is 10.5 Å². The molecule has 0 radical (unpaired) electrons. The molecule has 0 aromatic heterocycles. The van der Waals surface area contributed by atoms with E-state index in [1.165, 1.54) is 49.6 Å². The zero-order valence-electron chi connectivity index (χ0n) is 13.2. The van der Waals surface area contributed by atoms with Crippen molar-refractivity contribution in [2.45, 2.75) is 4.90 Å². The number of non-ortho nitro benzene ring substituents is 1. The Hall–Kier alpha value is -3.14. The van der Waals surface area contributed by atoms with Gasteiger partial charge in [-0.3, -0.25) is 19.2 Å². The fraction of sp³-hybridized carbons (Fsp3) is 0.133. The lowest BCUT2D eigenvalue weighted by molar-refractivity contribution is -0.385.